The highest BCUT2D eigenvalue weighted by molar-refractivity contribution is 8.00. The molecule has 0 heterocycles. The van der Waals surface area contributed by atoms with Crippen LogP contribution in [-0.2, 0) is 4.79 Å². The van der Waals surface area contributed by atoms with Crippen LogP contribution in [0.5, 0.6) is 0 Å². The maximum atomic E-state index is 11.7. The van der Waals surface area contributed by atoms with E-state index in [4.69, 9.17) is 18.0 Å². The Morgan fingerprint density at radius 1 is 1.44 bits per heavy atom. The molecule has 3 nitrogen and oxygen atoms in total. The summed E-state index contributed by atoms with van der Waals surface area (Å²) in [5, 5.41) is 2.90. The monoisotopic (exact) mass is 282 g/mol. The first-order valence-electron chi connectivity index (χ1n) is 5.72. The number of anilines is 1. The van der Waals surface area contributed by atoms with Gasteiger partial charge in [0.1, 0.15) is 0 Å². The molecule has 0 aliphatic carbocycles. The summed E-state index contributed by atoms with van der Waals surface area (Å²) in [5.41, 5.74) is 8.53. The van der Waals surface area contributed by atoms with Crippen molar-refractivity contribution in [1.29, 1.82) is 0 Å². The number of thioether (sulfide) groups is 1. The van der Waals surface area contributed by atoms with Crippen molar-refractivity contribution in [3.8, 4) is 0 Å². The summed E-state index contributed by atoms with van der Waals surface area (Å²) in [4.78, 5) is 12.2. The largest absolute Gasteiger partial charge is 0.393 e. The molecule has 5 heteroatoms. The van der Waals surface area contributed by atoms with Crippen molar-refractivity contribution in [3.05, 3.63) is 29.3 Å². The highest BCUT2D eigenvalue weighted by Gasteiger charge is 2.05. The zero-order valence-electron chi connectivity index (χ0n) is 10.7. The lowest BCUT2D eigenvalue weighted by atomic mass is 10.1. The van der Waals surface area contributed by atoms with Gasteiger partial charge in [-0.15, -0.1) is 0 Å². The molecular weight excluding hydrogens is 264 g/mol. The number of nitrogens with one attached hydrogen (secondary N) is 1. The number of hydrogen-bond acceptors (Lipinski definition) is 3. The van der Waals surface area contributed by atoms with Crippen LogP contribution in [0.1, 0.15) is 17.5 Å². The molecule has 1 aromatic rings. The van der Waals surface area contributed by atoms with E-state index in [0.29, 0.717) is 17.2 Å². The number of rotatable bonds is 6. The summed E-state index contributed by atoms with van der Waals surface area (Å²) in [6, 6.07) is 5.97. The molecule has 98 valence electrons. The summed E-state index contributed by atoms with van der Waals surface area (Å²) in [6.07, 6.45) is 0.677. The molecule has 1 aromatic carbocycles. The third kappa shape index (κ3) is 5.51. The Hall–Kier alpha value is -1.07. The van der Waals surface area contributed by atoms with Gasteiger partial charge < -0.3 is 11.1 Å². The van der Waals surface area contributed by atoms with Crippen LogP contribution in [0.25, 0.3) is 0 Å². The highest BCUT2D eigenvalue weighted by Crippen LogP contribution is 2.16. The SMILES string of the molecule is Cc1ccc(NC(=O)CSCCC(N)=S)c(C)c1. The molecular formula is C13H18N2OS2. The van der Waals surface area contributed by atoms with Crippen molar-refractivity contribution < 1.29 is 4.79 Å². The van der Waals surface area contributed by atoms with Crippen LogP contribution in [0, 0.1) is 13.8 Å². The Bertz CT molecular complexity index is 447. The summed E-state index contributed by atoms with van der Waals surface area (Å²) in [6.45, 7) is 4.02. The molecule has 0 radical (unpaired) electrons. The van der Waals surface area contributed by atoms with Crippen LogP contribution >= 0.6 is 24.0 Å². The first kappa shape index (κ1) is 15.0. The van der Waals surface area contributed by atoms with E-state index < -0.39 is 0 Å². The molecule has 0 atom stereocenters. The normalized spacial score (nSPS) is 10.1. The van der Waals surface area contributed by atoms with Crippen LogP contribution in [0.15, 0.2) is 18.2 Å². The number of hydrogen-bond donors (Lipinski definition) is 2. The minimum atomic E-state index is 0.00916. The molecule has 0 unspecified atom stereocenters. The average molecular weight is 282 g/mol. The molecule has 1 amide bonds. The lowest BCUT2D eigenvalue weighted by molar-refractivity contribution is -0.113. The number of carbonyl (C=O) groups is 1. The minimum Gasteiger partial charge on any atom is -0.393 e. The van der Waals surface area contributed by atoms with E-state index in [0.717, 1.165) is 17.0 Å². The number of aryl methyl sites for hydroxylation is 2. The number of thiocarbonyl (C=S) groups is 1. The Morgan fingerprint density at radius 3 is 2.78 bits per heavy atom. The maximum Gasteiger partial charge on any atom is 0.234 e. The predicted molar refractivity (Wildman–Crippen MR) is 83.3 cm³/mol. The Morgan fingerprint density at radius 2 is 2.17 bits per heavy atom. The van der Waals surface area contributed by atoms with Gasteiger partial charge in [0.25, 0.3) is 0 Å². The van der Waals surface area contributed by atoms with Crippen molar-refractivity contribution in [2.75, 3.05) is 16.8 Å². The quantitative estimate of drug-likeness (QED) is 0.622. The van der Waals surface area contributed by atoms with Gasteiger partial charge in [-0.1, -0.05) is 29.9 Å². The van der Waals surface area contributed by atoms with E-state index in [1.165, 1.54) is 17.3 Å². The van der Waals surface area contributed by atoms with Crippen LogP contribution < -0.4 is 11.1 Å². The molecule has 1 rings (SSSR count). The third-order valence-corrected chi connectivity index (χ3v) is 3.55. The Balaban J connectivity index is 2.38. The highest BCUT2D eigenvalue weighted by atomic mass is 32.2. The van der Waals surface area contributed by atoms with Crippen molar-refractivity contribution in [2.45, 2.75) is 20.3 Å². The maximum absolute atomic E-state index is 11.7. The number of amides is 1. The van der Waals surface area contributed by atoms with Gasteiger partial charge in [-0.3, -0.25) is 4.79 Å². The van der Waals surface area contributed by atoms with Crippen molar-refractivity contribution in [3.63, 3.8) is 0 Å². The molecule has 0 aliphatic heterocycles. The van der Waals surface area contributed by atoms with Crippen LogP contribution in [-0.4, -0.2) is 22.4 Å². The lowest BCUT2D eigenvalue weighted by Gasteiger charge is -2.08. The summed E-state index contributed by atoms with van der Waals surface area (Å²) >= 11 is 6.31. The zero-order valence-corrected chi connectivity index (χ0v) is 12.3. The van der Waals surface area contributed by atoms with Crippen molar-refractivity contribution >= 4 is 40.6 Å². The van der Waals surface area contributed by atoms with Gasteiger partial charge >= 0.3 is 0 Å². The van der Waals surface area contributed by atoms with E-state index in [-0.39, 0.29) is 5.91 Å². The minimum absolute atomic E-state index is 0.00916. The van der Waals surface area contributed by atoms with Gasteiger partial charge in [0.05, 0.1) is 10.7 Å². The summed E-state index contributed by atoms with van der Waals surface area (Å²) in [7, 11) is 0. The van der Waals surface area contributed by atoms with Gasteiger partial charge in [0.2, 0.25) is 5.91 Å². The number of nitrogens with two attached hydrogens (primary N) is 1. The molecule has 0 saturated carbocycles. The molecule has 0 spiro atoms. The first-order chi connectivity index (χ1) is 8.49. The predicted octanol–water partition coefficient (Wildman–Crippen LogP) is 2.65. The van der Waals surface area contributed by atoms with E-state index in [2.05, 4.69) is 11.4 Å². The Labute approximate surface area is 118 Å². The fourth-order valence-electron chi connectivity index (χ4n) is 1.48. The second kappa shape index (κ2) is 7.38. The van der Waals surface area contributed by atoms with Gasteiger partial charge in [0, 0.05) is 17.9 Å². The zero-order chi connectivity index (χ0) is 13.5. The van der Waals surface area contributed by atoms with Crippen LogP contribution in [0.2, 0.25) is 0 Å². The molecule has 0 aliphatic rings. The smallest absolute Gasteiger partial charge is 0.234 e. The first-order valence-corrected chi connectivity index (χ1v) is 7.28. The second-order valence-corrected chi connectivity index (χ2v) is 5.76. The van der Waals surface area contributed by atoms with Crippen LogP contribution in [0.3, 0.4) is 0 Å². The number of carbonyl (C=O) groups excluding carboxylic acids is 1. The van der Waals surface area contributed by atoms with E-state index >= 15 is 0 Å². The Kier molecular flexibility index (Phi) is 6.15. The fraction of sp³-hybridized carbons (Fsp3) is 0.385. The second-order valence-electron chi connectivity index (χ2n) is 4.14. The lowest BCUT2D eigenvalue weighted by Crippen LogP contribution is -2.16. The average Bonchev–Trinajstić information content (AvgIpc) is 2.28. The molecule has 0 fully saturated rings. The summed E-state index contributed by atoms with van der Waals surface area (Å²) in [5.74, 6) is 1.22. The van der Waals surface area contributed by atoms with E-state index in [1.807, 2.05) is 26.0 Å². The van der Waals surface area contributed by atoms with Gasteiger partial charge in [-0.2, -0.15) is 11.8 Å². The fourth-order valence-corrected chi connectivity index (χ4v) is 2.48. The van der Waals surface area contributed by atoms with E-state index in [9.17, 15) is 4.79 Å². The topological polar surface area (TPSA) is 55.1 Å². The van der Waals surface area contributed by atoms with Crippen molar-refractivity contribution in [2.24, 2.45) is 5.73 Å². The van der Waals surface area contributed by atoms with Gasteiger partial charge in [-0.05, 0) is 25.5 Å². The van der Waals surface area contributed by atoms with E-state index in [1.54, 1.807) is 0 Å². The van der Waals surface area contributed by atoms with Gasteiger partial charge in [-0.25, -0.2) is 0 Å². The van der Waals surface area contributed by atoms with Gasteiger partial charge in [0.15, 0.2) is 0 Å². The van der Waals surface area contributed by atoms with Crippen molar-refractivity contribution in [1.82, 2.24) is 0 Å². The molecule has 3 N–H and O–H groups in total. The molecule has 0 saturated heterocycles. The van der Waals surface area contributed by atoms with Crippen LogP contribution in [0.4, 0.5) is 5.69 Å². The molecule has 0 bridgehead atoms. The number of benzene rings is 1. The summed E-state index contributed by atoms with van der Waals surface area (Å²) < 4.78 is 0. The molecule has 18 heavy (non-hydrogen) atoms. The third-order valence-electron chi connectivity index (χ3n) is 2.38. The molecule has 0 aromatic heterocycles. The standard InChI is InChI=1S/C13H18N2OS2/c1-9-3-4-11(10(2)7-9)15-13(16)8-18-6-5-12(14)17/h3-4,7H,5-6,8H2,1-2H3,(H2,14,17)(H,15,16).